The molecule has 0 fully saturated rings. The van der Waals surface area contributed by atoms with Crippen LogP contribution in [0.4, 0.5) is 0 Å². The molecule has 0 radical (unpaired) electrons. The van der Waals surface area contributed by atoms with Crippen molar-refractivity contribution in [2.45, 2.75) is 0 Å². The van der Waals surface area contributed by atoms with E-state index in [0.717, 1.165) is 0 Å². The highest BCUT2D eigenvalue weighted by Gasteiger charge is 1.79. The summed E-state index contributed by atoms with van der Waals surface area (Å²) < 4.78 is 0. The Bertz CT molecular complexity index is 30.0. The molecule has 0 saturated heterocycles. The molecule has 0 saturated carbocycles. The molecule has 0 spiro atoms. The van der Waals surface area contributed by atoms with E-state index in [1.54, 1.807) is 14.1 Å². The Kier molecular flexibility index (Phi) is 3.02. The van der Waals surface area contributed by atoms with Gasteiger partial charge in [-0.1, -0.05) is 0 Å². The van der Waals surface area contributed by atoms with Gasteiger partial charge in [0, 0.05) is 14.1 Å². The third-order valence-corrected chi connectivity index (χ3v) is 0.224. The summed E-state index contributed by atoms with van der Waals surface area (Å²) in [6, 6.07) is 0. The van der Waals surface area contributed by atoms with Gasteiger partial charge in [-0.2, -0.15) is 5.06 Å². The van der Waals surface area contributed by atoms with Crippen molar-refractivity contribution in [2.24, 2.45) is 0 Å². The first-order chi connectivity index (χ1) is 2.77. The van der Waals surface area contributed by atoms with Gasteiger partial charge in [0.2, 0.25) is 0 Å². The van der Waals surface area contributed by atoms with Gasteiger partial charge in [0.05, 0.1) is 7.11 Å². The van der Waals surface area contributed by atoms with Crippen LogP contribution in [0.5, 0.6) is 0 Å². The van der Waals surface area contributed by atoms with E-state index in [4.69, 9.17) is 0 Å². The van der Waals surface area contributed by atoms with E-state index in [1.807, 2.05) is 0 Å². The van der Waals surface area contributed by atoms with Crippen molar-refractivity contribution in [3.8, 4) is 0 Å². The quantitative estimate of drug-likeness (QED) is 0.354. The summed E-state index contributed by atoms with van der Waals surface area (Å²) in [6.45, 7) is 0. The van der Waals surface area contributed by atoms with Gasteiger partial charge in [-0.3, -0.25) is 0 Å². The lowest BCUT2D eigenvalue weighted by Gasteiger charge is -2.03. The molecule has 0 aromatic rings. The number of hydroxylamine groups is 2. The van der Waals surface area contributed by atoms with Gasteiger partial charge in [-0.25, -0.2) is 4.89 Å². The van der Waals surface area contributed by atoms with E-state index in [1.165, 1.54) is 12.2 Å². The maximum absolute atomic E-state index is 4.38. The molecule has 0 aromatic heterocycles. The maximum Gasteiger partial charge on any atom is 0.0733 e. The SMILES string of the molecule is COON(C)C. The normalized spacial score (nSPS) is 10.0. The summed E-state index contributed by atoms with van der Waals surface area (Å²) in [6.07, 6.45) is 0. The highest BCUT2D eigenvalue weighted by atomic mass is 17.3. The van der Waals surface area contributed by atoms with Crippen molar-refractivity contribution >= 4 is 0 Å². The summed E-state index contributed by atoms with van der Waals surface area (Å²) in [5, 5.41) is 1.46. The fraction of sp³-hybridized carbons (Fsp3) is 1.00. The smallest absolute Gasteiger partial charge is 0.0733 e. The number of hydrogen-bond donors (Lipinski definition) is 0. The van der Waals surface area contributed by atoms with Crippen LogP contribution in [0.25, 0.3) is 0 Å². The van der Waals surface area contributed by atoms with Gasteiger partial charge < -0.3 is 0 Å². The van der Waals surface area contributed by atoms with Gasteiger partial charge in [-0.15, -0.1) is 4.99 Å². The first-order valence-corrected chi connectivity index (χ1v) is 1.65. The summed E-state index contributed by atoms with van der Waals surface area (Å²) >= 11 is 0. The lowest BCUT2D eigenvalue weighted by atomic mass is 11.2. The lowest BCUT2D eigenvalue weighted by Crippen LogP contribution is -2.10. The molecule has 0 heterocycles. The van der Waals surface area contributed by atoms with Crippen molar-refractivity contribution in [3.63, 3.8) is 0 Å². The molecule has 6 heavy (non-hydrogen) atoms. The second-order valence-corrected chi connectivity index (χ2v) is 1.05. The molecule has 0 unspecified atom stereocenters. The van der Waals surface area contributed by atoms with Crippen LogP contribution in [0.2, 0.25) is 0 Å². The van der Waals surface area contributed by atoms with Gasteiger partial charge in [-0.05, 0) is 0 Å². The molecule has 0 aliphatic rings. The van der Waals surface area contributed by atoms with Crippen molar-refractivity contribution in [3.05, 3.63) is 0 Å². The Morgan fingerprint density at radius 1 is 1.33 bits per heavy atom. The van der Waals surface area contributed by atoms with E-state index >= 15 is 0 Å². The first-order valence-electron chi connectivity index (χ1n) is 1.65. The summed E-state index contributed by atoms with van der Waals surface area (Å²) in [5.74, 6) is 0. The Labute approximate surface area is 37.3 Å². The van der Waals surface area contributed by atoms with Gasteiger partial charge in [0.25, 0.3) is 0 Å². The van der Waals surface area contributed by atoms with Crippen molar-refractivity contribution in [2.75, 3.05) is 21.2 Å². The fourth-order valence-electron chi connectivity index (χ4n) is 0.149. The topological polar surface area (TPSA) is 21.7 Å². The van der Waals surface area contributed by atoms with Crippen LogP contribution in [0.3, 0.4) is 0 Å². The maximum atomic E-state index is 4.38. The standard InChI is InChI=1S/C3H9NO2/c1-4(2)6-5-3/h1-3H3. The Morgan fingerprint density at radius 2 is 1.83 bits per heavy atom. The third kappa shape index (κ3) is 3.88. The predicted octanol–water partition coefficient (Wildman–Crippen LogP) is 0.0410. The van der Waals surface area contributed by atoms with E-state index in [0.29, 0.717) is 0 Å². The molecular formula is C3H9NO2. The van der Waals surface area contributed by atoms with Crippen molar-refractivity contribution in [1.29, 1.82) is 0 Å². The minimum absolute atomic E-state index is 1.46. The minimum Gasteiger partial charge on any atom is -0.221 e. The molecule has 38 valence electrons. The molecule has 0 bridgehead atoms. The van der Waals surface area contributed by atoms with Crippen LogP contribution in [0.15, 0.2) is 0 Å². The minimum atomic E-state index is 1.46. The van der Waals surface area contributed by atoms with E-state index in [9.17, 15) is 0 Å². The molecular weight excluding hydrogens is 82.0 g/mol. The average Bonchev–Trinajstić information content (AvgIpc) is 1.35. The predicted molar refractivity (Wildman–Crippen MR) is 21.8 cm³/mol. The molecule has 0 aliphatic carbocycles. The zero-order valence-electron chi connectivity index (χ0n) is 4.26. The van der Waals surface area contributed by atoms with E-state index in [-0.39, 0.29) is 0 Å². The Morgan fingerprint density at radius 3 is 1.83 bits per heavy atom. The molecule has 3 heteroatoms. The second kappa shape index (κ2) is 3.08. The van der Waals surface area contributed by atoms with Gasteiger partial charge in [0.15, 0.2) is 0 Å². The Balaban J connectivity index is 2.63. The largest absolute Gasteiger partial charge is 0.221 e. The van der Waals surface area contributed by atoms with Crippen LogP contribution < -0.4 is 0 Å². The monoisotopic (exact) mass is 91.1 g/mol. The molecule has 0 amide bonds. The van der Waals surface area contributed by atoms with Crippen molar-refractivity contribution in [1.82, 2.24) is 5.06 Å². The molecule has 0 atom stereocenters. The van der Waals surface area contributed by atoms with Crippen LogP contribution in [0, 0.1) is 0 Å². The highest BCUT2D eigenvalue weighted by molar-refractivity contribution is 3.94. The van der Waals surface area contributed by atoms with Crippen LogP contribution in [0.1, 0.15) is 0 Å². The summed E-state index contributed by atoms with van der Waals surface area (Å²) in [4.78, 5) is 8.60. The van der Waals surface area contributed by atoms with Gasteiger partial charge >= 0.3 is 0 Å². The highest BCUT2D eigenvalue weighted by Crippen LogP contribution is 1.72. The zero-order chi connectivity index (χ0) is 4.99. The first kappa shape index (κ1) is 5.88. The number of nitrogens with zero attached hydrogens (tertiary/aromatic N) is 1. The van der Waals surface area contributed by atoms with E-state index < -0.39 is 0 Å². The van der Waals surface area contributed by atoms with Gasteiger partial charge in [0.1, 0.15) is 0 Å². The molecule has 0 aliphatic heterocycles. The molecule has 0 aromatic carbocycles. The second-order valence-electron chi connectivity index (χ2n) is 1.05. The van der Waals surface area contributed by atoms with Crippen molar-refractivity contribution < 1.29 is 9.88 Å². The Hall–Kier alpha value is -0.120. The molecule has 0 N–H and O–H groups in total. The fourth-order valence-corrected chi connectivity index (χ4v) is 0.149. The van der Waals surface area contributed by atoms with Crippen LogP contribution in [-0.4, -0.2) is 26.3 Å². The number of rotatable bonds is 2. The van der Waals surface area contributed by atoms with Crippen LogP contribution in [-0.2, 0) is 9.88 Å². The summed E-state index contributed by atoms with van der Waals surface area (Å²) in [7, 11) is 4.94. The zero-order valence-corrected chi connectivity index (χ0v) is 4.26. The van der Waals surface area contributed by atoms with E-state index in [2.05, 4.69) is 9.88 Å². The van der Waals surface area contributed by atoms with Crippen LogP contribution >= 0.6 is 0 Å². The molecule has 0 rings (SSSR count). The third-order valence-electron chi connectivity index (χ3n) is 0.224. The average molecular weight is 91.1 g/mol. The number of hydrogen-bond acceptors (Lipinski definition) is 3. The lowest BCUT2D eigenvalue weighted by molar-refractivity contribution is -0.397. The summed E-state index contributed by atoms with van der Waals surface area (Å²) in [5.41, 5.74) is 0. The molecule has 3 nitrogen and oxygen atoms in total.